The second-order valence-electron chi connectivity index (χ2n) is 4.39. The molecule has 0 aromatic rings. The molecule has 1 fully saturated rings. The molecule has 0 saturated heterocycles. The normalized spacial score (nSPS) is 29.2. The first-order valence-electron chi connectivity index (χ1n) is 5.26. The van der Waals surface area contributed by atoms with Crippen molar-refractivity contribution in [1.82, 2.24) is 4.90 Å². The van der Waals surface area contributed by atoms with Gasteiger partial charge in [0, 0.05) is 18.0 Å². The van der Waals surface area contributed by atoms with Crippen molar-refractivity contribution in [3.8, 4) is 6.07 Å². The molecular weight excluding hydrogens is 160 g/mol. The van der Waals surface area contributed by atoms with Crippen molar-refractivity contribution in [2.24, 2.45) is 5.92 Å². The number of rotatable bonds is 2. The van der Waals surface area contributed by atoms with Crippen LogP contribution in [0.15, 0.2) is 0 Å². The maximum atomic E-state index is 8.76. The summed E-state index contributed by atoms with van der Waals surface area (Å²) in [6, 6.07) is 3.72. The first-order valence-corrected chi connectivity index (χ1v) is 5.26. The standard InChI is InChI=1S/C11H20N2/c1-9(2)13(3)11-6-4-10(8-12)5-7-11/h9-11H,4-7H2,1-3H3. The Bertz CT molecular complexity index is 185. The topological polar surface area (TPSA) is 27.0 Å². The third kappa shape index (κ3) is 2.70. The average Bonchev–Trinajstić information content (AvgIpc) is 2.17. The summed E-state index contributed by atoms with van der Waals surface area (Å²) in [7, 11) is 2.20. The molecule has 0 aromatic carbocycles. The van der Waals surface area contributed by atoms with Gasteiger partial charge in [-0.05, 0) is 46.6 Å². The molecule has 2 heteroatoms. The summed E-state index contributed by atoms with van der Waals surface area (Å²) in [6.07, 6.45) is 4.59. The van der Waals surface area contributed by atoms with E-state index in [1.54, 1.807) is 0 Å². The first-order chi connectivity index (χ1) is 6.15. The maximum Gasteiger partial charge on any atom is 0.0655 e. The number of hydrogen-bond acceptors (Lipinski definition) is 2. The van der Waals surface area contributed by atoms with Crippen LogP contribution in [0.25, 0.3) is 0 Å². The molecule has 0 N–H and O–H groups in total. The van der Waals surface area contributed by atoms with E-state index in [9.17, 15) is 0 Å². The van der Waals surface area contributed by atoms with E-state index in [0.29, 0.717) is 18.0 Å². The fourth-order valence-electron chi connectivity index (χ4n) is 2.03. The third-order valence-electron chi connectivity index (χ3n) is 3.27. The molecular formula is C11H20N2. The minimum Gasteiger partial charge on any atom is -0.301 e. The second kappa shape index (κ2) is 4.62. The van der Waals surface area contributed by atoms with Crippen molar-refractivity contribution >= 4 is 0 Å². The summed E-state index contributed by atoms with van der Waals surface area (Å²) in [5.74, 6) is 0.330. The van der Waals surface area contributed by atoms with Gasteiger partial charge in [0.05, 0.1) is 6.07 Å². The summed E-state index contributed by atoms with van der Waals surface area (Å²) < 4.78 is 0. The molecule has 13 heavy (non-hydrogen) atoms. The van der Waals surface area contributed by atoms with Crippen LogP contribution in [-0.2, 0) is 0 Å². The van der Waals surface area contributed by atoms with Crippen LogP contribution in [-0.4, -0.2) is 24.0 Å². The highest BCUT2D eigenvalue weighted by molar-refractivity contribution is 4.89. The molecule has 1 saturated carbocycles. The lowest BCUT2D eigenvalue weighted by Gasteiger charge is -2.35. The highest BCUT2D eigenvalue weighted by Gasteiger charge is 2.24. The molecule has 0 bridgehead atoms. The predicted molar refractivity (Wildman–Crippen MR) is 54.3 cm³/mol. The predicted octanol–water partition coefficient (Wildman–Crippen LogP) is 2.41. The van der Waals surface area contributed by atoms with E-state index in [-0.39, 0.29) is 0 Å². The molecule has 74 valence electrons. The van der Waals surface area contributed by atoms with Crippen LogP contribution in [0, 0.1) is 17.2 Å². The number of nitriles is 1. The van der Waals surface area contributed by atoms with Crippen molar-refractivity contribution in [3.05, 3.63) is 0 Å². The molecule has 1 rings (SSSR count). The summed E-state index contributed by atoms with van der Waals surface area (Å²) in [5.41, 5.74) is 0. The van der Waals surface area contributed by atoms with Gasteiger partial charge in [-0.25, -0.2) is 0 Å². The monoisotopic (exact) mass is 180 g/mol. The van der Waals surface area contributed by atoms with Gasteiger partial charge in [0.15, 0.2) is 0 Å². The van der Waals surface area contributed by atoms with Gasteiger partial charge < -0.3 is 4.90 Å². The molecule has 0 aliphatic heterocycles. The van der Waals surface area contributed by atoms with Crippen LogP contribution in [0.3, 0.4) is 0 Å². The quantitative estimate of drug-likeness (QED) is 0.652. The summed E-state index contributed by atoms with van der Waals surface area (Å²) in [6.45, 7) is 4.47. The van der Waals surface area contributed by atoms with Gasteiger partial charge in [0.1, 0.15) is 0 Å². The SMILES string of the molecule is CC(C)N(C)C1CCC(C#N)CC1. The molecule has 1 aliphatic rings. The Hall–Kier alpha value is -0.550. The molecule has 0 spiro atoms. The van der Waals surface area contributed by atoms with Crippen molar-refractivity contribution in [1.29, 1.82) is 5.26 Å². The van der Waals surface area contributed by atoms with Crippen LogP contribution in [0.4, 0.5) is 0 Å². The average molecular weight is 180 g/mol. The summed E-state index contributed by atoms with van der Waals surface area (Å²) in [5, 5.41) is 8.76. The number of nitrogens with zero attached hydrogens (tertiary/aromatic N) is 2. The molecule has 0 aromatic heterocycles. The van der Waals surface area contributed by atoms with E-state index in [2.05, 4.69) is 31.9 Å². The number of hydrogen-bond donors (Lipinski definition) is 0. The van der Waals surface area contributed by atoms with Crippen LogP contribution in [0.2, 0.25) is 0 Å². The smallest absolute Gasteiger partial charge is 0.0655 e. The zero-order chi connectivity index (χ0) is 9.84. The Morgan fingerprint density at radius 2 is 1.77 bits per heavy atom. The minimum atomic E-state index is 0.330. The van der Waals surface area contributed by atoms with Crippen molar-refractivity contribution in [2.75, 3.05) is 7.05 Å². The zero-order valence-electron chi connectivity index (χ0n) is 8.95. The van der Waals surface area contributed by atoms with Gasteiger partial charge in [0.2, 0.25) is 0 Å². The second-order valence-corrected chi connectivity index (χ2v) is 4.39. The van der Waals surface area contributed by atoms with Gasteiger partial charge >= 0.3 is 0 Å². The molecule has 0 heterocycles. The molecule has 1 aliphatic carbocycles. The van der Waals surface area contributed by atoms with E-state index < -0.39 is 0 Å². The third-order valence-corrected chi connectivity index (χ3v) is 3.27. The fraction of sp³-hybridized carbons (Fsp3) is 0.909. The van der Waals surface area contributed by atoms with Gasteiger partial charge in [-0.2, -0.15) is 5.26 Å². The van der Waals surface area contributed by atoms with Crippen LogP contribution in [0.1, 0.15) is 39.5 Å². The van der Waals surface area contributed by atoms with Crippen LogP contribution >= 0.6 is 0 Å². The Balaban J connectivity index is 2.37. The van der Waals surface area contributed by atoms with Crippen molar-refractivity contribution < 1.29 is 0 Å². The lowest BCUT2D eigenvalue weighted by atomic mass is 9.86. The van der Waals surface area contributed by atoms with Gasteiger partial charge in [0.25, 0.3) is 0 Å². The van der Waals surface area contributed by atoms with E-state index >= 15 is 0 Å². The van der Waals surface area contributed by atoms with Gasteiger partial charge in [-0.15, -0.1) is 0 Å². The molecule has 0 radical (unpaired) electrons. The summed E-state index contributed by atoms with van der Waals surface area (Å²) in [4.78, 5) is 2.44. The van der Waals surface area contributed by atoms with E-state index in [0.717, 1.165) is 12.8 Å². The van der Waals surface area contributed by atoms with E-state index in [4.69, 9.17) is 5.26 Å². The first kappa shape index (κ1) is 10.5. The molecule has 0 unspecified atom stereocenters. The van der Waals surface area contributed by atoms with E-state index in [1.165, 1.54) is 12.8 Å². The molecule has 0 atom stereocenters. The summed E-state index contributed by atoms with van der Waals surface area (Å²) >= 11 is 0. The lowest BCUT2D eigenvalue weighted by Crippen LogP contribution is -2.39. The zero-order valence-corrected chi connectivity index (χ0v) is 8.95. The van der Waals surface area contributed by atoms with Crippen molar-refractivity contribution in [3.63, 3.8) is 0 Å². The maximum absolute atomic E-state index is 8.76. The van der Waals surface area contributed by atoms with Crippen LogP contribution in [0.5, 0.6) is 0 Å². The minimum absolute atomic E-state index is 0.330. The largest absolute Gasteiger partial charge is 0.301 e. The molecule has 2 nitrogen and oxygen atoms in total. The van der Waals surface area contributed by atoms with Gasteiger partial charge in [-0.3, -0.25) is 0 Å². The Kier molecular flexibility index (Phi) is 3.74. The van der Waals surface area contributed by atoms with Crippen molar-refractivity contribution in [2.45, 2.75) is 51.6 Å². The highest BCUT2D eigenvalue weighted by Crippen LogP contribution is 2.27. The lowest BCUT2D eigenvalue weighted by molar-refractivity contribution is 0.145. The fourth-order valence-corrected chi connectivity index (χ4v) is 2.03. The Morgan fingerprint density at radius 3 is 2.15 bits per heavy atom. The van der Waals surface area contributed by atoms with Crippen LogP contribution < -0.4 is 0 Å². The molecule has 0 amide bonds. The highest BCUT2D eigenvalue weighted by atomic mass is 15.1. The van der Waals surface area contributed by atoms with Gasteiger partial charge in [-0.1, -0.05) is 0 Å². The van der Waals surface area contributed by atoms with E-state index in [1.807, 2.05) is 0 Å². The Labute approximate surface area is 81.5 Å². The Morgan fingerprint density at radius 1 is 1.23 bits per heavy atom.